The van der Waals surface area contributed by atoms with Crippen molar-refractivity contribution in [3.05, 3.63) is 59.2 Å². The Morgan fingerprint density at radius 3 is 2.77 bits per heavy atom. The van der Waals surface area contributed by atoms with E-state index >= 15 is 0 Å². The van der Waals surface area contributed by atoms with Crippen LogP contribution < -0.4 is 14.9 Å². The molecule has 0 amide bonds. The molecule has 0 radical (unpaired) electrons. The van der Waals surface area contributed by atoms with Gasteiger partial charge in [0.1, 0.15) is 5.82 Å². The maximum atomic E-state index is 13.0. The highest BCUT2D eigenvalue weighted by Crippen LogP contribution is 2.30. The van der Waals surface area contributed by atoms with Crippen LogP contribution in [0.15, 0.2) is 52.9 Å². The lowest BCUT2D eigenvalue weighted by molar-refractivity contribution is 0.311. The van der Waals surface area contributed by atoms with E-state index in [1.807, 2.05) is 30.5 Å². The van der Waals surface area contributed by atoms with Crippen molar-refractivity contribution in [2.75, 3.05) is 19.1 Å². The van der Waals surface area contributed by atoms with Gasteiger partial charge in [0.2, 0.25) is 5.13 Å². The van der Waals surface area contributed by atoms with E-state index < -0.39 is 0 Å². The van der Waals surface area contributed by atoms with Gasteiger partial charge in [-0.1, -0.05) is 6.07 Å². The highest BCUT2D eigenvalue weighted by Gasteiger charge is 2.08. The third-order valence-corrected chi connectivity index (χ3v) is 4.27. The smallest absolute Gasteiger partial charge is 0.203 e. The zero-order chi connectivity index (χ0) is 18.4. The average molecular weight is 371 g/mol. The lowest BCUT2D eigenvalue weighted by Gasteiger charge is -2.10. The fourth-order valence-electron chi connectivity index (χ4n) is 2.36. The van der Waals surface area contributed by atoms with Crippen LogP contribution in [-0.2, 0) is 0 Å². The first-order valence-electron chi connectivity index (χ1n) is 8.01. The Bertz CT molecular complexity index is 894. The second kappa shape index (κ2) is 8.44. The number of benzene rings is 2. The Morgan fingerprint density at radius 1 is 1.23 bits per heavy atom. The van der Waals surface area contributed by atoms with E-state index in [9.17, 15) is 4.39 Å². The first-order chi connectivity index (χ1) is 12.7. The fraction of sp³-hybridized carbons (Fsp3) is 0.158. The molecule has 0 unspecified atom stereocenters. The number of aromatic nitrogens is 1. The van der Waals surface area contributed by atoms with Crippen LogP contribution in [0.3, 0.4) is 0 Å². The van der Waals surface area contributed by atoms with Crippen molar-refractivity contribution >= 4 is 22.7 Å². The first kappa shape index (κ1) is 17.9. The van der Waals surface area contributed by atoms with Crippen LogP contribution in [0.5, 0.6) is 11.5 Å². The molecule has 0 saturated heterocycles. The lowest BCUT2D eigenvalue weighted by Crippen LogP contribution is -1.99. The van der Waals surface area contributed by atoms with Gasteiger partial charge in [-0.3, -0.25) is 5.43 Å². The number of ether oxygens (including phenoxy) is 2. The third kappa shape index (κ3) is 4.18. The van der Waals surface area contributed by atoms with E-state index in [1.165, 1.54) is 23.5 Å². The quantitative estimate of drug-likeness (QED) is 0.479. The minimum absolute atomic E-state index is 0.268. The minimum Gasteiger partial charge on any atom is -0.492 e. The Labute approximate surface area is 155 Å². The van der Waals surface area contributed by atoms with Crippen molar-refractivity contribution in [1.29, 1.82) is 0 Å². The number of hydrogen-bond donors (Lipinski definition) is 1. The van der Waals surface area contributed by atoms with Crippen molar-refractivity contribution in [1.82, 2.24) is 4.98 Å². The number of halogens is 1. The number of thiazole rings is 1. The number of methoxy groups -OCH3 is 1. The van der Waals surface area contributed by atoms with Crippen LogP contribution in [-0.4, -0.2) is 24.9 Å². The summed E-state index contributed by atoms with van der Waals surface area (Å²) in [4.78, 5) is 4.45. The minimum atomic E-state index is -0.268. The number of para-hydroxylation sites is 1. The molecule has 2 aromatic carbocycles. The molecular formula is C19H18FN3O2S. The van der Waals surface area contributed by atoms with Gasteiger partial charge in [0.05, 0.1) is 25.6 Å². The van der Waals surface area contributed by atoms with E-state index in [0.717, 1.165) is 16.8 Å². The zero-order valence-corrected chi connectivity index (χ0v) is 15.2. The van der Waals surface area contributed by atoms with Crippen LogP contribution in [0, 0.1) is 5.82 Å². The summed E-state index contributed by atoms with van der Waals surface area (Å²) < 4.78 is 24.0. The van der Waals surface area contributed by atoms with Crippen molar-refractivity contribution in [3.8, 4) is 22.8 Å². The van der Waals surface area contributed by atoms with Gasteiger partial charge in [0.15, 0.2) is 11.5 Å². The van der Waals surface area contributed by atoms with E-state index in [2.05, 4.69) is 15.5 Å². The molecule has 0 aliphatic rings. The number of hydrogen-bond acceptors (Lipinski definition) is 6. The molecule has 3 aromatic rings. The number of hydrazone groups is 1. The number of nitrogens with zero attached hydrogens (tertiary/aromatic N) is 2. The number of anilines is 1. The predicted molar refractivity (Wildman–Crippen MR) is 103 cm³/mol. The Hall–Kier alpha value is -2.93. The molecule has 0 bridgehead atoms. The summed E-state index contributed by atoms with van der Waals surface area (Å²) in [5.74, 6) is 1.04. The molecule has 5 nitrogen and oxygen atoms in total. The average Bonchev–Trinajstić information content (AvgIpc) is 3.12. The molecule has 134 valence electrons. The first-order valence-corrected chi connectivity index (χ1v) is 8.89. The Kier molecular flexibility index (Phi) is 5.80. The maximum absolute atomic E-state index is 13.0. The summed E-state index contributed by atoms with van der Waals surface area (Å²) in [6, 6.07) is 11.8. The van der Waals surface area contributed by atoms with Crippen LogP contribution in [0.25, 0.3) is 11.3 Å². The van der Waals surface area contributed by atoms with Gasteiger partial charge < -0.3 is 9.47 Å². The second-order valence-electron chi connectivity index (χ2n) is 5.23. The van der Waals surface area contributed by atoms with E-state index in [1.54, 1.807) is 25.5 Å². The fourth-order valence-corrected chi connectivity index (χ4v) is 3.03. The summed E-state index contributed by atoms with van der Waals surface area (Å²) in [6.45, 7) is 2.48. The van der Waals surface area contributed by atoms with Gasteiger partial charge in [-0.2, -0.15) is 5.10 Å². The molecular weight excluding hydrogens is 353 g/mol. The molecule has 26 heavy (non-hydrogen) atoms. The standard InChI is InChI=1S/C19H18FN3O2S/c1-3-25-17-6-4-5-14(18(17)24-2)11-21-23-19-22-16(12-26-19)13-7-9-15(20)10-8-13/h4-12H,3H2,1-2H3,(H,22,23)/b21-11-. The molecule has 0 atom stereocenters. The zero-order valence-electron chi connectivity index (χ0n) is 14.4. The second-order valence-corrected chi connectivity index (χ2v) is 6.08. The van der Waals surface area contributed by atoms with Gasteiger partial charge in [-0.15, -0.1) is 11.3 Å². The summed E-state index contributed by atoms with van der Waals surface area (Å²) in [6.07, 6.45) is 1.65. The Balaban J connectivity index is 1.71. The highest BCUT2D eigenvalue weighted by molar-refractivity contribution is 7.14. The van der Waals surface area contributed by atoms with Crippen molar-refractivity contribution in [2.45, 2.75) is 6.92 Å². The highest BCUT2D eigenvalue weighted by atomic mass is 32.1. The molecule has 0 saturated carbocycles. The lowest BCUT2D eigenvalue weighted by atomic mass is 10.2. The van der Waals surface area contributed by atoms with Crippen molar-refractivity contribution in [2.24, 2.45) is 5.10 Å². The monoisotopic (exact) mass is 371 g/mol. The largest absolute Gasteiger partial charge is 0.492 e. The van der Waals surface area contributed by atoms with E-state index in [-0.39, 0.29) is 5.82 Å². The SMILES string of the molecule is CCOc1cccc(/C=N\Nc2nc(-c3ccc(F)cc3)cs2)c1OC. The molecule has 0 spiro atoms. The summed E-state index contributed by atoms with van der Waals surface area (Å²) in [7, 11) is 1.60. The number of rotatable bonds is 7. The van der Waals surface area contributed by atoms with Crippen LogP contribution in [0.2, 0.25) is 0 Å². The predicted octanol–water partition coefficient (Wildman–Crippen LogP) is 4.80. The van der Waals surface area contributed by atoms with Crippen LogP contribution >= 0.6 is 11.3 Å². The van der Waals surface area contributed by atoms with Crippen LogP contribution in [0.1, 0.15) is 12.5 Å². The number of nitrogens with one attached hydrogen (secondary N) is 1. The molecule has 1 heterocycles. The summed E-state index contributed by atoms with van der Waals surface area (Å²) in [5.41, 5.74) is 5.32. The molecule has 0 aliphatic heterocycles. The Morgan fingerprint density at radius 2 is 2.04 bits per heavy atom. The van der Waals surface area contributed by atoms with Gasteiger partial charge in [-0.05, 0) is 43.3 Å². The van der Waals surface area contributed by atoms with Gasteiger partial charge in [0, 0.05) is 16.5 Å². The van der Waals surface area contributed by atoms with Gasteiger partial charge >= 0.3 is 0 Å². The van der Waals surface area contributed by atoms with Gasteiger partial charge in [0.25, 0.3) is 0 Å². The molecule has 0 fully saturated rings. The van der Waals surface area contributed by atoms with E-state index in [0.29, 0.717) is 23.2 Å². The van der Waals surface area contributed by atoms with Gasteiger partial charge in [-0.25, -0.2) is 9.37 Å². The topological polar surface area (TPSA) is 55.7 Å². The maximum Gasteiger partial charge on any atom is 0.203 e. The van der Waals surface area contributed by atoms with Crippen LogP contribution in [0.4, 0.5) is 9.52 Å². The normalized spacial score (nSPS) is 10.9. The molecule has 1 aromatic heterocycles. The van der Waals surface area contributed by atoms with E-state index in [4.69, 9.17) is 9.47 Å². The summed E-state index contributed by atoms with van der Waals surface area (Å²) in [5, 5.41) is 6.75. The third-order valence-electron chi connectivity index (χ3n) is 3.52. The van der Waals surface area contributed by atoms with Crippen molar-refractivity contribution in [3.63, 3.8) is 0 Å². The summed E-state index contributed by atoms with van der Waals surface area (Å²) >= 11 is 1.42. The molecule has 3 rings (SSSR count). The van der Waals surface area contributed by atoms with Crippen molar-refractivity contribution < 1.29 is 13.9 Å². The molecule has 7 heteroatoms. The molecule has 0 aliphatic carbocycles. The molecule has 1 N–H and O–H groups in total.